The zero-order valence-electron chi connectivity index (χ0n) is 11.4. The molecule has 0 saturated carbocycles. The second-order valence-corrected chi connectivity index (χ2v) is 4.85. The topological polar surface area (TPSA) is 45.0 Å². The smallest absolute Gasteiger partial charge is 0.118 e. The lowest BCUT2D eigenvalue weighted by molar-refractivity contribution is 0.414. The van der Waals surface area contributed by atoms with Gasteiger partial charge in [-0.05, 0) is 42.8 Å². The quantitative estimate of drug-likeness (QED) is 0.906. The fourth-order valence-electron chi connectivity index (χ4n) is 1.91. The molecule has 0 aliphatic rings. The van der Waals surface area contributed by atoms with Gasteiger partial charge in [-0.2, -0.15) is 5.26 Å². The van der Waals surface area contributed by atoms with Crippen molar-refractivity contribution in [2.45, 2.75) is 13.0 Å². The van der Waals surface area contributed by atoms with Crippen molar-refractivity contribution in [1.82, 2.24) is 0 Å². The second-order valence-electron chi connectivity index (χ2n) is 4.45. The normalized spacial score (nSPS) is 11.5. The first-order valence-corrected chi connectivity index (χ1v) is 6.62. The average molecular weight is 287 g/mol. The third-order valence-corrected chi connectivity index (χ3v) is 3.41. The van der Waals surface area contributed by atoms with Crippen LogP contribution in [0.25, 0.3) is 0 Å². The van der Waals surface area contributed by atoms with Gasteiger partial charge in [-0.3, -0.25) is 0 Å². The number of benzene rings is 2. The van der Waals surface area contributed by atoms with Crippen molar-refractivity contribution in [2.24, 2.45) is 0 Å². The third-order valence-electron chi connectivity index (χ3n) is 3.08. The van der Waals surface area contributed by atoms with Crippen molar-refractivity contribution < 1.29 is 4.74 Å². The van der Waals surface area contributed by atoms with Crippen molar-refractivity contribution >= 4 is 17.3 Å². The molecular formula is C16H15ClN2O. The van der Waals surface area contributed by atoms with E-state index in [9.17, 15) is 0 Å². The maximum Gasteiger partial charge on any atom is 0.118 e. The molecule has 1 atom stereocenters. The van der Waals surface area contributed by atoms with E-state index in [-0.39, 0.29) is 6.04 Å². The Kier molecular flexibility index (Phi) is 4.49. The molecule has 0 saturated heterocycles. The Morgan fingerprint density at radius 3 is 2.50 bits per heavy atom. The van der Waals surface area contributed by atoms with E-state index in [1.165, 1.54) is 0 Å². The van der Waals surface area contributed by atoms with Crippen LogP contribution in [0.4, 0.5) is 5.69 Å². The first-order chi connectivity index (χ1) is 9.63. The van der Waals surface area contributed by atoms with Crippen LogP contribution < -0.4 is 10.1 Å². The number of methoxy groups -OCH3 is 1. The van der Waals surface area contributed by atoms with E-state index in [1.54, 1.807) is 25.3 Å². The van der Waals surface area contributed by atoms with Gasteiger partial charge in [0.2, 0.25) is 0 Å². The Labute approximate surface area is 123 Å². The molecule has 0 aliphatic carbocycles. The molecule has 0 amide bonds. The molecule has 4 heteroatoms. The Bertz CT molecular complexity index is 632. The zero-order chi connectivity index (χ0) is 14.5. The monoisotopic (exact) mass is 286 g/mol. The lowest BCUT2D eigenvalue weighted by Crippen LogP contribution is -2.07. The molecule has 102 valence electrons. The minimum absolute atomic E-state index is 0.0762. The van der Waals surface area contributed by atoms with Crippen LogP contribution >= 0.6 is 11.6 Å². The maximum absolute atomic E-state index is 8.93. The summed E-state index contributed by atoms with van der Waals surface area (Å²) in [5, 5.41) is 12.8. The largest absolute Gasteiger partial charge is 0.497 e. The van der Waals surface area contributed by atoms with Crippen LogP contribution in [0, 0.1) is 11.3 Å². The summed E-state index contributed by atoms with van der Waals surface area (Å²) in [5.41, 5.74) is 2.46. The van der Waals surface area contributed by atoms with Crippen molar-refractivity contribution in [3.63, 3.8) is 0 Å². The standard InChI is InChI=1S/C16H15ClN2O/c1-11(13-4-6-14(20-2)7-5-13)19-16-9-12(10-18)3-8-15(16)17/h3-9,11,19H,1-2H3. The number of ether oxygens (including phenoxy) is 1. The van der Waals surface area contributed by atoms with Crippen molar-refractivity contribution in [3.05, 3.63) is 58.6 Å². The predicted molar refractivity (Wildman–Crippen MR) is 81.2 cm³/mol. The van der Waals surface area contributed by atoms with Crippen LogP contribution in [0.5, 0.6) is 5.75 Å². The number of rotatable bonds is 4. The number of halogens is 1. The van der Waals surface area contributed by atoms with Gasteiger partial charge in [-0.15, -0.1) is 0 Å². The summed E-state index contributed by atoms with van der Waals surface area (Å²) in [7, 11) is 1.64. The molecule has 3 nitrogen and oxygen atoms in total. The number of anilines is 1. The number of nitriles is 1. The Hall–Kier alpha value is -2.18. The van der Waals surface area contributed by atoms with E-state index in [0.29, 0.717) is 10.6 Å². The highest BCUT2D eigenvalue weighted by Crippen LogP contribution is 2.27. The van der Waals surface area contributed by atoms with E-state index in [1.807, 2.05) is 31.2 Å². The van der Waals surface area contributed by atoms with Gasteiger partial charge in [0.05, 0.1) is 29.5 Å². The Balaban J connectivity index is 2.18. The van der Waals surface area contributed by atoms with Gasteiger partial charge in [-0.1, -0.05) is 23.7 Å². The molecule has 2 aromatic carbocycles. The van der Waals surface area contributed by atoms with E-state index < -0.39 is 0 Å². The van der Waals surface area contributed by atoms with Gasteiger partial charge in [0.15, 0.2) is 0 Å². The van der Waals surface area contributed by atoms with Gasteiger partial charge >= 0.3 is 0 Å². The highest BCUT2D eigenvalue weighted by Gasteiger charge is 2.08. The van der Waals surface area contributed by atoms with Gasteiger partial charge in [-0.25, -0.2) is 0 Å². The fraction of sp³-hybridized carbons (Fsp3) is 0.188. The molecule has 0 heterocycles. The summed E-state index contributed by atoms with van der Waals surface area (Å²) < 4.78 is 5.14. The van der Waals surface area contributed by atoms with Crippen LogP contribution in [0.1, 0.15) is 24.1 Å². The lowest BCUT2D eigenvalue weighted by atomic mass is 10.1. The second kappa shape index (κ2) is 6.31. The molecule has 1 N–H and O–H groups in total. The summed E-state index contributed by atoms with van der Waals surface area (Å²) in [4.78, 5) is 0. The number of hydrogen-bond acceptors (Lipinski definition) is 3. The molecule has 0 radical (unpaired) electrons. The maximum atomic E-state index is 8.93. The van der Waals surface area contributed by atoms with E-state index in [2.05, 4.69) is 11.4 Å². The Morgan fingerprint density at radius 2 is 1.90 bits per heavy atom. The summed E-state index contributed by atoms with van der Waals surface area (Å²) in [6.07, 6.45) is 0. The molecule has 0 spiro atoms. The summed E-state index contributed by atoms with van der Waals surface area (Å²) >= 11 is 6.14. The van der Waals surface area contributed by atoms with Crippen molar-refractivity contribution in [2.75, 3.05) is 12.4 Å². The average Bonchev–Trinajstić information content (AvgIpc) is 2.49. The van der Waals surface area contributed by atoms with E-state index >= 15 is 0 Å². The highest BCUT2D eigenvalue weighted by atomic mass is 35.5. The molecule has 0 aromatic heterocycles. The van der Waals surface area contributed by atoms with Gasteiger partial charge < -0.3 is 10.1 Å². The van der Waals surface area contributed by atoms with Crippen LogP contribution in [0.15, 0.2) is 42.5 Å². The molecule has 2 rings (SSSR count). The first kappa shape index (κ1) is 14.2. The summed E-state index contributed by atoms with van der Waals surface area (Å²) in [6, 6.07) is 15.2. The lowest BCUT2D eigenvalue weighted by Gasteiger charge is -2.17. The molecule has 0 bridgehead atoms. The highest BCUT2D eigenvalue weighted by molar-refractivity contribution is 6.33. The zero-order valence-corrected chi connectivity index (χ0v) is 12.1. The molecular weight excluding hydrogens is 272 g/mol. The van der Waals surface area contributed by atoms with Crippen molar-refractivity contribution in [1.29, 1.82) is 5.26 Å². The molecule has 2 aromatic rings. The summed E-state index contributed by atoms with van der Waals surface area (Å²) in [6.45, 7) is 2.04. The van der Waals surface area contributed by atoms with E-state index in [0.717, 1.165) is 17.0 Å². The first-order valence-electron chi connectivity index (χ1n) is 6.24. The van der Waals surface area contributed by atoms with Crippen LogP contribution in [-0.4, -0.2) is 7.11 Å². The van der Waals surface area contributed by atoms with Gasteiger partial charge in [0.25, 0.3) is 0 Å². The predicted octanol–water partition coefficient (Wildman–Crippen LogP) is 4.39. The van der Waals surface area contributed by atoms with Gasteiger partial charge in [0.1, 0.15) is 5.75 Å². The molecule has 0 fully saturated rings. The molecule has 0 aliphatic heterocycles. The van der Waals surface area contributed by atoms with E-state index in [4.69, 9.17) is 21.6 Å². The fourth-order valence-corrected chi connectivity index (χ4v) is 2.09. The molecule has 1 unspecified atom stereocenters. The minimum Gasteiger partial charge on any atom is -0.497 e. The van der Waals surface area contributed by atoms with Crippen LogP contribution in [0.2, 0.25) is 5.02 Å². The van der Waals surface area contributed by atoms with Crippen LogP contribution in [-0.2, 0) is 0 Å². The Morgan fingerprint density at radius 1 is 1.20 bits per heavy atom. The van der Waals surface area contributed by atoms with Crippen LogP contribution in [0.3, 0.4) is 0 Å². The number of hydrogen-bond donors (Lipinski definition) is 1. The number of nitrogens with zero attached hydrogens (tertiary/aromatic N) is 1. The molecule has 20 heavy (non-hydrogen) atoms. The van der Waals surface area contributed by atoms with Crippen molar-refractivity contribution in [3.8, 4) is 11.8 Å². The van der Waals surface area contributed by atoms with Gasteiger partial charge in [0, 0.05) is 6.04 Å². The SMILES string of the molecule is COc1ccc(C(C)Nc2cc(C#N)ccc2Cl)cc1. The minimum atomic E-state index is 0.0762. The summed E-state index contributed by atoms with van der Waals surface area (Å²) in [5.74, 6) is 0.825. The number of nitrogens with one attached hydrogen (secondary N) is 1. The third kappa shape index (κ3) is 3.23.